The van der Waals surface area contributed by atoms with Gasteiger partial charge in [-0.25, -0.2) is 13.4 Å². The van der Waals surface area contributed by atoms with Gasteiger partial charge in [0.05, 0.1) is 17.3 Å². The fraction of sp³-hybridized carbons (Fsp3) is 0.500. The Morgan fingerprint density at radius 3 is 2.95 bits per heavy atom. The molecule has 0 aliphatic carbocycles. The molecule has 4 N–H and O–H groups in total. The predicted molar refractivity (Wildman–Crippen MR) is 75.2 cm³/mol. The van der Waals surface area contributed by atoms with Crippen molar-refractivity contribution in [1.29, 1.82) is 0 Å². The van der Waals surface area contributed by atoms with Crippen LogP contribution in [0.25, 0.3) is 0 Å². The third-order valence-electron chi connectivity index (χ3n) is 2.68. The van der Waals surface area contributed by atoms with Gasteiger partial charge in [-0.1, -0.05) is 11.8 Å². The first kappa shape index (κ1) is 14.9. The number of carbonyl (C=O) groups is 1. The maximum Gasteiger partial charge on any atom is 0.253 e. The smallest absolute Gasteiger partial charge is 0.253 e. The first-order valence-electron chi connectivity index (χ1n) is 5.83. The van der Waals surface area contributed by atoms with Crippen molar-refractivity contribution >= 4 is 33.3 Å². The van der Waals surface area contributed by atoms with E-state index in [0.29, 0.717) is 6.42 Å². The van der Waals surface area contributed by atoms with Gasteiger partial charge in [0.15, 0.2) is 15.0 Å². The molecule has 1 aliphatic heterocycles. The second-order valence-electron chi connectivity index (χ2n) is 4.43. The first-order chi connectivity index (χ1) is 9.34. The highest BCUT2D eigenvalue weighted by atomic mass is 32.2. The van der Waals surface area contributed by atoms with E-state index >= 15 is 0 Å². The number of amides is 1. The zero-order valence-corrected chi connectivity index (χ0v) is 12.1. The molecule has 1 fully saturated rings. The zero-order chi connectivity index (χ0) is 14.8. The maximum atomic E-state index is 11.7. The monoisotopic (exact) mass is 318 g/mol. The number of nitrogen functional groups attached to an aromatic ring is 1. The maximum absolute atomic E-state index is 11.7. The van der Waals surface area contributed by atoms with Crippen molar-refractivity contribution in [3.05, 3.63) is 16.4 Å². The highest BCUT2D eigenvalue weighted by Gasteiger charge is 2.28. The van der Waals surface area contributed by atoms with Gasteiger partial charge in [0, 0.05) is 12.1 Å². The van der Waals surface area contributed by atoms with Crippen LogP contribution in [0.2, 0.25) is 0 Å². The van der Waals surface area contributed by atoms with Crippen LogP contribution in [0.4, 0.5) is 5.82 Å². The summed E-state index contributed by atoms with van der Waals surface area (Å²) in [4.78, 5) is 29.1. The van der Waals surface area contributed by atoms with Gasteiger partial charge in [-0.3, -0.25) is 9.59 Å². The lowest BCUT2D eigenvalue weighted by Gasteiger charge is -2.10. The van der Waals surface area contributed by atoms with Crippen LogP contribution in [0.5, 0.6) is 0 Å². The van der Waals surface area contributed by atoms with E-state index in [-0.39, 0.29) is 45.7 Å². The molecule has 1 aromatic heterocycles. The van der Waals surface area contributed by atoms with Gasteiger partial charge in [-0.05, 0) is 6.42 Å². The number of aromatic amines is 1. The summed E-state index contributed by atoms with van der Waals surface area (Å²) < 4.78 is 22.5. The van der Waals surface area contributed by atoms with Crippen molar-refractivity contribution in [2.75, 3.05) is 23.0 Å². The van der Waals surface area contributed by atoms with E-state index in [2.05, 4.69) is 15.3 Å². The lowest BCUT2D eigenvalue weighted by Crippen LogP contribution is -2.36. The first-order valence-corrected chi connectivity index (χ1v) is 8.64. The Hall–Kier alpha value is -1.55. The summed E-state index contributed by atoms with van der Waals surface area (Å²) in [5, 5.41) is 2.90. The van der Waals surface area contributed by atoms with E-state index in [1.54, 1.807) is 0 Å². The SMILES string of the molecule is Nc1cc(=O)[nH]c(SCC(=O)N[C@H]2CCS(=O)(=O)C2)n1. The quantitative estimate of drug-likeness (QED) is 0.466. The minimum atomic E-state index is -3.02. The standard InChI is InChI=1S/C10H14N4O4S2/c11-7-3-8(15)14-10(13-7)19-4-9(16)12-6-1-2-20(17,18)5-6/h3,6H,1-2,4-5H2,(H,12,16)(H3,11,13,14,15)/t6-/m0/s1. The van der Waals surface area contributed by atoms with Crippen molar-refractivity contribution in [3.8, 4) is 0 Å². The molecule has 1 aromatic rings. The molecule has 0 spiro atoms. The summed E-state index contributed by atoms with van der Waals surface area (Å²) in [7, 11) is -3.02. The number of nitrogens with two attached hydrogens (primary N) is 1. The topological polar surface area (TPSA) is 135 Å². The minimum Gasteiger partial charge on any atom is -0.383 e. The Balaban J connectivity index is 1.85. The number of aromatic nitrogens is 2. The Bertz CT molecular complexity index is 670. The van der Waals surface area contributed by atoms with E-state index in [1.165, 1.54) is 0 Å². The molecule has 10 heteroatoms. The van der Waals surface area contributed by atoms with Crippen LogP contribution < -0.4 is 16.6 Å². The lowest BCUT2D eigenvalue weighted by molar-refractivity contribution is -0.119. The molecule has 20 heavy (non-hydrogen) atoms. The van der Waals surface area contributed by atoms with Crippen LogP contribution in [0.1, 0.15) is 6.42 Å². The van der Waals surface area contributed by atoms with Crippen molar-refractivity contribution < 1.29 is 13.2 Å². The van der Waals surface area contributed by atoms with Gasteiger partial charge in [-0.15, -0.1) is 0 Å². The van der Waals surface area contributed by atoms with Crippen LogP contribution in [0, 0.1) is 0 Å². The normalized spacial score (nSPS) is 20.7. The van der Waals surface area contributed by atoms with E-state index < -0.39 is 9.84 Å². The van der Waals surface area contributed by atoms with E-state index in [1.807, 2.05) is 0 Å². The van der Waals surface area contributed by atoms with Gasteiger partial charge in [-0.2, -0.15) is 0 Å². The van der Waals surface area contributed by atoms with Crippen molar-refractivity contribution in [1.82, 2.24) is 15.3 Å². The molecule has 0 radical (unpaired) electrons. The number of anilines is 1. The van der Waals surface area contributed by atoms with Gasteiger partial charge in [0.1, 0.15) is 5.82 Å². The van der Waals surface area contributed by atoms with Gasteiger partial charge < -0.3 is 16.0 Å². The molecule has 8 nitrogen and oxygen atoms in total. The molecule has 1 amide bonds. The predicted octanol–water partition coefficient (Wildman–Crippen LogP) is -1.25. The largest absolute Gasteiger partial charge is 0.383 e. The molecule has 1 saturated heterocycles. The number of nitrogens with one attached hydrogen (secondary N) is 2. The molecule has 0 bridgehead atoms. The molecule has 110 valence electrons. The van der Waals surface area contributed by atoms with Gasteiger partial charge in [0.25, 0.3) is 5.56 Å². The third-order valence-corrected chi connectivity index (χ3v) is 5.32. The third kappa shape index (κ3) is 4.23. The summed E-state index contributed by atoms with van der Waals surface area (Å²) in [5.74, 6) is -0.102. The lowest BCUT2D eigenvalue weighted by atomic mass is 10.3. The highest BCUT2D eigenvalue weighted by molar-refractivity contribution is 7.99. The minimum absolute atomic E-state index is 0.0171. The van der Waals surface area contributed by atoms with Gasteiger partial charge >= 0.3 is 0 Å². The molecule has 1 aliphatic rings. The average molecular weight is 318 g/mol. The number of nitrogens with zero attached hydrogens (tertiary/aromatic N) is 1. The second kappa shape index (κ2) is 5.83. The molecule has 1 atom stereocenters. The van der Waals surface area contributed by atoms with Gasteiger partial charge in [0.2, 0.25) is 5.91 Å². The summed E-state index contributed by atoms with van der Waals surface area (Å²) in [5.41, 5.74) is 5.03. The molecule has 0 unspecified atom stereocenters. The second-order valence-corrected chi connectivity index (χ2v) is 7.62. The van der Waals surface area contributed by atoms with Crippen molar-refractivity contribution in [3.63, 3.8) is 0 Å². The Labute approximate surface area is 119 Å². The summed E-state index contributed by atoms with van der Waals surface area (Å²) in [6, 6.07) is 0.814. The number of H-pyrrole nitrogens is 1. The van der Waals surface area contributed by atoms with Crippen LogP contribution in [-0.4, -0.2) is 47.6 Å². The number of thioether (sulfide) groups is 1. The van der Waals surface area contributed by atoms with Crippen LogP contribution >= 0.6 is 11.8 Å². The fourth-order valence-corrected chi connectivity index (χ4v) is 4.20. The van der Waals surface area contributed by atoms with Crippen LogP contribution in [0.15, 0.2) is 16.0 Å². The fourth-order valence-electron chi connectivity index (χ4n) is 1.83. The molecule has 0 aromatic carbocycles. The highest BCUT2D eigenvalue weighted by Crippen LogP contribution is 2.14. The summed E-state index contributed by atoms with van der Waals surface area (Å²) in [6.45, 7) is 0. The molecular weight excluding hydrogens is 304 g/mol. The zero-order valence-electron chi connectivity index (χ0n) is 10.5. The molecule has 2 heterocycles. The van der Waals surface area contributed by atoms with E-state index in [4.69, 9.17) is 5.73 Å². The molecule has 2 rings (SSSR count). The van der Waals surface area contributed by atoms with E-state index in [0.717, 1.165) is 17.8 Å². The van der Waals surface area contributed by atoms with Crippen molar-refractivity contribution in [2.45, 2.75) is 17.6 Å². The van der Waals surface area contributed by atoms with Crippen molar-refractivity contribution in [2.24, 2.45) is 0 Å². The number of hydrogen-bond donors (Lipinski definition) is 3. The number of hydrogen-bond acceptors (Lipinski definition) is 7. The van der Waals surface area contributed by atoms with Crippen LogP contribution in [0.3, 0.4) is 0 Å². The summed E-state index contributed by atoms with van der Waals surface area (Å²) >= 11 is 1.03. The number of sulfone groups is 1. The molecular formula is C10H14N4O4S2. The number of carbonyl (C=O) groups excluding carboxylic acids is 1. The Kier molecular flexibility index (Phi) is 4.33. The molecule has 0 saturated carbocycles. The Morgan fingerprint density at radius 2 is 2.35 bits per heavy atom. The average Bonchev–Trinajstić information content (AvgIpc) is 2.65. The number of rotatable bonds is 4. The van der Waals surface area contributed by atoms with E-state index in [9.17, 15) is 18.0 Å². The van der Waals surface area contributed by atoms with Crippen LogP contribution in [-0.2, 0) is 14.6 Å². The Morgan fingerprint density at radius 1 is 1.60 bits per heavy atom. The summed E-state index contributed by atoms with van der Waals surface area (Å²) in [6.07, 6.45) is 0.437.